The van der Waals surface area contributed by atoms with E-state index in [1.807, 2.05) is 16.0 Å². The smallest absolute Gasteiger partial charge is 0.0184 e. The summed E-state index contributed by atoms with van der Waals surface area (Å²) in [5.74, 6) is 0.667. The molecule has 1 fully saturated rings. The van der Waals surface area contributed by atoms with Crippen LogP contribution in [0.4, 0.5) is 0 Å². The van der Waals surface area contributed by atoms with E-state index in [2.05, 4.69) is 116 Å². The molecule has 1 saturated carbocycles. The van der Waals surface area contributed by atoms with Crippen molar-refractivity contribution in [1.29, 1.82) is 0 Å². The van der Waals surface area contributed by atoms with Gasteiger partial charge in [0.25, 0.3) is 0 Å². The second-order valence-electron chi connectivity index (χ2n) is 10.9. The monoisotopic (exact) mass is 529 g/mol. The van der Waals surface area contributed by atoms with Crippen molar-refractivity contribution in [3.63, 3.8) is 0 Å². The zero-order valence-electron chi connectivity index (χ0n) is 22.9. The van der Waals surface area contributed by atoms with Crippen LogP contribution in [0.1, 0.15) is 53.4 Å². The van der Waals surface area contributed by atoms with Gasteiger partial charge in [-0.25, -0.2) is 0 Å². The van der Waals surface area contributed by atoms with E-state index in [1.165, 1.54) is 36.8 Å². The molecule has 0 saturated heterocycles. The van der Waals surface area contributed by atoms with E-state index in [9.17, 15) is 0 Å². The summed E-state index contributed by atoms with van der Waals surface area (Å²) in [6.45, 7) is 9.57. The largest absolute Gasteiger partial charge is 0.0622 e. The van der Waals surface area contributed by atoms with Crippen LogP contribution in [0.15, 0.2) is 112 Å². The molecule has 188 valence electrons. The van der Waals surface area contributed by atoms with Gasteiger partial charge in [0.15, 0.2) is 0 Å². The van der Waals surface area contributed by atoms with Crippen molar-refractivity contribution in [2.45, 2.75) is 64.6 Å². The van der Waals surface area contributed by atoms with E-state index in [0.29, 0.717) is 5.92 Å². The van der Waals surface area contributed by atoms with Crippen molar-refractivity contribution in [2.75, 3.05) is 0 Å². The van der Waals surface area contributed by atoms with Crippen LogP contribution in [-0.2, 0) is 16.1 Å². The number of benzene rings is 3. The number of allylic oxidation sites excluding steroid dienone is 4. The van der Waals surface area contributed by atoms with Gasteiger partial charge in [-0.3, -0.25) is 0 Å². The fourth-order valence-electron chi connectivity index (χ4n) is 6.27. The zero-order valence-corrected chi connectivity index (χ0v) is 25.8. The molecule has 3 aromatic carbocycles. The fourth-order valence-corrected chi connectivity index (χ4v) is 23.2. The van der Waals surface area contributed by atoms with E-state index in [4.69, 9.17) is 0 Å². The van der Waals surface area contributed by atoms with Gasteiger partial charge in [-0.2, -0.15) is 0 Å². The van der Waals surface area contributed by atoms with Gasteiger partial charge in [-0.05, 0) is 11.1 Å². The van der Waals surface area contributed by atoms with Crippen molar-refractivity contribution in [2.24, 2.45) is 5.92 Å². The Bertz CT molecular complexity index is 1140. The molecule has 36 heavy (non-hydrogen) atoms. The van der Waals surface area contributed by atoms with Gasteiger partial charge in [0.1, 0.15) is 0 Å². The molecule has 0 aliphatic heterocycles. The van der Waals surface area contributed by atoms with Crippen LogP contribution in [0.5, 0.6) is 0 Å². The Morgan fingerprint density at radius 3 is 1.61 bits per heavy atom. The van der Waals surface area contributed by atoms with Crippen molar-refractivity contribution < 1.29 is 16.1 Å². The fraction of sp³-hybridized carbons (Fsp3) is 0.333. The first kappa shape index (κ1) is 27.1. The van der Waals surface area contributed by atoms with Crippen LogP contribution < -0.4 is 8.99 Å². The van der Waals surface area contributed by atoms with Crippen molar-refractivity contribution in [3.8, 4) is 11.1 Å². The summed E-state index contributed by atoms with van der Waals surface area (Å²) >= 11 is -2.23. The van der Waals surface area contributed by atoms with Crippen molar-refractivity contribution in [1.82, 2.24) is 3.80 Å². The number of rotatable bonds is 6. The summed E-state index contributed by atoms with van der Waals surface area (Å²) in [5.41, 5.74) is 7.38. The van der Waals surface area contributed by atoms with Crippen LogP contribution >= 0.6 is 0 Å². The first-order valence-electron chi connectivity index (χ1n) is 13.7. The molecule has 3 heteroatoms. The Balaban J connectivity index is 0.000000211. The van der Waals surface area contributed by atoms with Crippen LogP contribution in [0.2, 0.25) is 5.23 Å². The second kappa shape index (κ2) is 12.5. The molecular weight excluding hydrogens is 486 g/mol. The summed E-state index contributed by atoms with van der Waals surface area (Å²) in [5, 5.41) is 4.35. The van der Waals surface area contributed by atoms with E-state index in [1.54, 1.807) is 21.9 Å². The van der Waals surface area contributed by atoms with Crippen LogP contribution in [0, 0.1) is 5.92 Å². The normalized spacial score (nSPS) is 20.1. The minimum Gasteiger partial charge on any atom is -0.0622 e. The van der Waals surface area contributed by atoms with Gasteiger partial charge in [-0.15, -0.1) is 0 Å². The molecule has 0 amide bonds. The van der Waals surface area contributed by atoms with Crippen LogP contribution in [-0.4, -0.2) is 13.4 Å². The molecule has 1 N–H and O–H groups in total. The van der Waals surface area contributed by atoms with E-state index >= 15 is 0 Å². The SMILES string of the molecule is CC1=C(C)C(C)[C]([Ti]([CH3])([NH]C2CCCC2)[SiH2]c2ccccc2)=C1C.c1ccc(-c2ccccc2)cc1. The molecule has 0 aromatic heterocycles. The summed E-state index contributed by atoms with van der Waals surface area (Å²) in [7, 11) is -0.274. The standard InChI is InChI=1S/C12H10.C9H13.C6H7Si.C5H10N.CH3.Ti/c1-3-7-11(8-4-1)12-9-5-2-6-10-12;1-6-5-7(2)9(4)8(6)3;7-6-4-2-1-3-5-6;6-5-3-1-2-4-5;;/h1-10H;6H,1-4H3;1-5H,7H2;5-6H,1-4H2;1H3;/q;;;-1;;+1. The Morgan fingerprint density at radius 1 is 0.694 bits per heavy atom. The van der Waals surface area contributed by atoms with Crippen molar-refractivity contribution >= 4 is 12.6 Å². The first-order chi connectivity index (χ1) is 17.4. The predicted octanol–water partition coefficient (Wildman–Crippen LogP) is 7.66. The molecule has 2 atom stereocenters. The molecule has 0 spiro atoms. The van der Waals surface area contributed by atoms with Gasteiger partial charge >= 0.3 is 154 Å². The second-order valence-corrected chi connectivity index (χ2v) is 25.0. The number of hydrogen-bond donors (Lipinski definition) is 1. The Kier molecular flexibility index (Phi) is 9.42. The number of nitrogens with one attached hydrogen (secondary N) is 1. The molecule has 0 radical (unpaired) electrons. The van der Waals surface area contributed by atoms with Gasteiger partial charge in [-0.1, -0.05) is 60.7 Å². The average Bonchev–Trinajstić information content (AvgIpc) is 3.48. The number of hydrogen-bond acceptors (Lipinski definition) is 1. The van der Waals surface area contributed by atoms with E-state index < -0.39 is 16.1 Å². The maximum atomic E-state index is 4.35. The Hall–Kier alpha value is -1.97. The molecule has 2 unspecified atom stereocenters. The maximum absolute atomic E-state index is 4.35. The Morgan fingerprint density at radius 2 is 1.17 bits per heavy atom. The van der Waals surface area contributed by atoms with E-state index in [0.717, 1.165) is 6.04 Å². The first-order valence-corrected chi connectivity index (χ1v) is 21.5. The topological polar surface area (TPSA) is 12.0 Å². The zero-order chi connectivity index (χ0) is 25.5. The quantitative estimate of drug-likeness (QED) is 0.323. The molecule has 0 heterocycles. The summed E-state index contributed by atoms with van der Waals surface area (Å²) < 4.78 is 6.22. The summed E-state index contributed by atoms with van der Waals surface area (Å²) in [6, 6.07) is 33.0. The van der Waals surface area contributed by atoms with Gasteiger partial charge < -0.3 is 0 Å². The van der Waals surface area contributed by atoms with Crippen molar-refractivity contribution in [3.05, 3.63) is 112 Å². The predicted molar refractivity (Wildman–Crippen MR) is 158 cm³/mol. The molecule has 2 aliphatic carbocycles. The Labute approximate surface area is 224 Å². The van der Waals surface area contributed by atoms with Crippen LogP contribution in [0.3, 0.4) is 0 Å². The van der Waals surface area contributed by atoms with E-state index in [-0.39, 0.29) is 7.39 Å². The molecule has 1 nitrogen and oxygen atoms in total. The van der Waals surface area contributed by atoms with Gasteiger partial charge in [0, 0.05) is 0 Å². The molecule has 0 bridgehead atoms. The average molecular weight is 530 g/mol. The summed E-state index contributed by atoms with van der Waals surface area (Å²) in [6.07, 6.45) is 5.64. The summed E-state index contributed by atoms with van der Waals surface area (Å²) in [4.78, 5) is 0. The minimum absolute atomic E-state index is 0.274. The van der Waals surface area contributed by atoms with Gasteiger partial charge in [0.2, 0.25) is 0 Å². The molecule has 5 rings (SSSR count). The molecule has 3 aromatic rings. The maximum Gasteiger partial charge on any atom is -0.0184 e. The molecule has 2 aliphatic rings. The minimum atomic E-state index is -2.23. The van der Waals surface area contributed by atoms with Crippen LogP contribution in [0.25, 0.3) is 11.1 Å². The third-order valence-electron chi connectivity index (χ3n) is 8.39. The molecular formula is C33H43NSiTi. The third kappa shape index (κ3) is 6.47. The van der Waals surface area contributed by atoms with Gasteiger partial charge in [0.05, 0.1) is 0 Å². The third-order valence-corrected chi connectivity index (χ3v) is 22.4.